The molecule has 2 nitrogen and oxygen atoms in total. The Morgan fingerprint density at radius 2 is 0.591 bits per heavy atom. The van der Waals surface area contributed by atoms with E-state index in [0.29, 0.717) is 0 Å². The van der Waals surface area contributed by atoms with Gasteiger partial charge in [0.2, 0.25) is 0 Å². The quantitative estimate of drug-likeness (QED) is 0.142. The molecule has 0 unspecified atom stereocenters. The van der Waals surface area contributed by atoms with E-state index in [2.05, 4.69) is 309 Å². The largest absolute Gasteiger partial charge is 0.455 e. The van der Waals surface area contributed by atoms with Gasteiger partial charge in [-0.1, -0.05) is 273 Å². The zero-order chi connectivity index (χ0) is 57.8. The number of benzene rings is 16. The second-order valence-corrected chi connectivity index (χ2v) is 23.3. The molecule has 0 aliphatic heterocycles. The van der Waals surface area contributed by atoms with Crippen LogP contribution in [-0.2, 0) is 0 Å². The summed E-state index contributed by atoms with van der Waals surface area (Å²) in [7, 11) is 0. The molecule has 16 aromatic carbocycles. The summed E-state index contributed by atoms with van der Waals surface area (Å²) in [6.07, 6.45) is 0. The summed E-state index contributed by atoms with van der Waals surface area (Å²) in [6.45, 7) is 0. The highest BCUT2D eigenvalue weighted by atomic mass is 16.3. The fourth-order valence-corrected chi connectivity index (χ4v) is 14.5. The van der Waals surface area contributed by atoms with Gasteiger partial charge >= 0.3 is 0 Å². The van der Waals surface area contributed by atoms with Crippen LogP contribution in [0.5, 0.6) is 0 Å². The van der Waals surface area contributed by atoms with Crippen molar-refractivity contribution in [2.75, 3.05) is 0 Å². The van der Waals surface area contributed by atoms with Crippen LogP contribution in [0, 0.1) is 0 Å². The monoisotopic (exact) mass is 1120 g/mol. The van der Waals surface area contributed by atoms with Crippen LogP contribution in [0.3, 0.4) is 0 Å². The molecule has 0 radical (unpaired) electrons. The van der Waals surface area contributed by atoms with E-state index in [1.54, 1.807) is 0 Å². The van der Waals surface area contributed by atoms with Crippen molar-refractivity contribution in [2.24, 2.45) is 0 Å². The van der Waals surface area contributed by atoms with Gasteiger partial charge in [0.25, 0.3) is 0 Å². The molecule has 2 heterocycles. The average molecular weight is 1120 g/mol. The van der Waals surface area contributed by atoms with E-state index in [-0.39, 0.29) is 0 Å². The molecule has 0 spiro atoms. The maximum absolute atomic E-state index is 7.22. The highest BCUT2D eigenvalue weighted by molar-refractivity contribution is 6.27. The topological polar surface area (TPSA) is 26.3 Å². The fraction of sp³-hybridized carbons (Fsp3) is 0. The van der Waals surface area contributed by atoms with E-state index in [9.17, 15) is 0 Å². The molecule has 0 atom stereocenters. The number of furan rings is 2. The minimum Gasteiger partial charge on any atom is -0.455 e. The zero-order valence-corrected chi connectivity index (χ0v) is 47.8. The summed E-state index contributed by atoms with van der Waals surface area (Å²) in [5, 5.41) is 16.4. The van der Waals surface area contributed by atoms with Crippen LogP contribution in [0.15, 0.2) is 324 Å². The fourth-order valence-electron chi connectivity index (χ4n) is 14.5. The molecule has 0 aliphatic carbocycles. The Kier molecular flexibility index (Phi) is 11.3. The van der Waals surface area contributed by atoms with E-state index >= 15 is 0 Å². The Morgan fingerprint density at radius 3 is 1.22 bits per heavy atom. The highest BCUT2D eigenvalue weighted by Gasteiger charge is 2.25. The van der Waals surface area contributed by atoms with Crippen molar-refractivity contribution in [1.82, 2.24) is 0 Å². The van der Waals surface area contributed by atoms with Gasteiger partial charge in [-0.3, -0.25) is 0 Å². The lowest BCUT2D eigenvalue weighted by Gasteiger charge is -2.20. The molecule has 0 amide bonds. The molecule has 2 aromatic heterocycles. The lowest BCUT2D eigenvalue weighted by atomic mass is 9.82. The first-order valence-electron chi connectivity index (χ1n) is 30.3. The van der Waals surface area contributed by atoms with Crippen LogP contribution in [0.4, 0.5) is 0 Å². The predicted molar refractivity (Wildman–Crippen MR) is 372 cm³/mol. The van der Waals surface area contributed by atoms with Crippen molar-refractivity contribution >= 4 is 97.7 Å². The van der Waals surface area contributed by atoms with Crippen molar-refractivity contribution in [3.05, 3.63) is 315 Å². The van der Waals surface area contributed by atoms with Gasteiger partial charge in [-0.05, 0) is 169 Å². The van der Waals surface area contributed by atoms with Crippen LogP contribution in [0.1, 0.15) is 0 Å². The molecule has 0 saturated carbocycles. The molecule has 0 bridgehead atoms. The number of para-hydroxylation sites is 2. The molecule has 0 aliphatic rings. The molecular formula is C86H52O2. The Labute approximate surface area is 508 Å². The molecule has 18 aromatic rings. The third-order valence-electron chi connectivity index (χ3n) is 18.4. The Hall–Kier alpha value is -11.6. The second-order valence-electron chi connectivity index (χ2n) is 23.3. The van der Waals surface area contributed by atoms with Crippen LogP contribution < -0.4 is 0 Å². The predicted octanol–water partition coefficient (Wildman–Crippen LogP) is 24.6. The minimum atomic E-state index is 0.845. The van der Waals surface area contributed by atoms with E-state index < -0.39 is 0 Å². The molecule has 2 heteroatoms. The zero-order valence-electron chi connectivity index (χ0n) is 47.8. The van der Waals surface area contributed by atoms with Gasteiger partial charge in [-0.2, -0.15) is 0 Å². The van der Waals surface area contributed by atoms with Crippen LogP contribution >= 0.6 is 0 Å². The van der Waals surface area contributed by atoms with E-state index in [1.165, 1.54) is 92.8 Å². The summed E-state index contributed by atoms with van der Waals surface area (Å²) in [5.74, 6) is 0. The van der Waals surface area contributed by atoms with Gasteiger partial charge in [0.1, 0.15) is 22.3 Å². The maximum Gasteiger partial charge on any atom is 0.143 e. The highest BCUT2D eigenvalue weighted by Crippen LogP contribution is 2.51. The summed E-state index contributed by atoms with van der Waals surface area (Å²) in [6, 6.07) is 115. The molecule has 18 rings (SSSR count). The smallest absolute Gasteiger partial charge is 0.143 e. The molecule has 0 saturated heterocycles. The average Bonchev–Trinajstić information content (AvgIpc) is 1.20. The van der Waals surface area contributed by atoms with E-state index in [1.807, 2.05) is 6.07 Å². The van der Waals surface area contributed by atoms with Crippen molar-refractivity contribution in [3.8, 4) is 89.0 Å². The van der Waals surface area contributed by atoms with Crippen LogP contribution in [0.2, 0.25) is 0 Å². The molecule has 408 valence electrons. The van der Waals surface area contributed by atoms with Crippen molar-refractivity contribution in [1.29, 1.82) is 0 Å². The van der Waals surface area contributed by atoms with Crippen LogP contribution in [-0.4, -0.2) is 0 Å². The number of fused-ring (bicyclic) bond motifs is 11. The van der Waals surface area contributed by atoms with Crippen molar-refractivity contribution in [2.45, 2.75) is 0 Å². The molecule has 0 fully saturated rings. The van der Waals surface area contributed by atoms with Gasteiger partial charge in [-0.25, -0.2) is 0 Å². The van der Waals surface area contributed by atoms with Crippen LogP contribution in [0.25, 0.3) is 187 Å². The van der Waals surface area contributed by atoms with Gasteiger partial charge in [0.05, 0.1) is 0 Å². The molecule has 0 N–H and O–H groups in total. The lowest BCUT2D eigenvalue weighted by molar-refractivity contribution is 0.669. The minimum absolute atomic E-state index is 0.845. The normalized spacial score (nSPS) is 11.9. The molecular weight excluding hydrogens is 1060 g/mol. The summed E-state index contributed by atoms with van der Waals surface area (Å²) in [5.41, 5.74) is 22.0. The van der Waals surface area contributed by atoms with Gasteiger partial charge in [-0.15, -0.1) is 0 Å². The standard InChI is InChI=1S/C86H52O2/c1-4-22-53(23-5-1)56-42-45-61-57(48-56)28-20-38-63(61)82-66-32-12-10-30-64(66)81(65-31-11-13-33-67(65)82)59-44-47-80-77(50-59)78-52-60(54-24-6-2-7-25-54)51-76(86(78)88-80)58-43-46-72(75(49-58)55-26-8-3-9-27-55)83-68-34-14-16-36-70(68)84(71-37-17-15-35-69(71)83)74-40-21-39-73-62-29-18-19-41-79(62)87-85(73)74/h1-52H. The van der Waals surface area contributed by atoms with Crippen molar-refractivity contribution < 1.29 is 8.83 Å². The first kappa shape index (κ1) is 49.8. The number of hydrogen-bond acceptors (Lipinski definition) is 2. The summed E-state index contributed by atoms with van der Waals surface area (Å²) >= 11 is 0. The van der Waals surface area contributed by atoms with Gasteiger partial charge in [0, 0.05) is 38.2 Å². The van der Waals surface area contributed by atoms with Gasteiger partial charge < -0.3 is 8.83 Å². The first-order chi connectivity index (χ1) is 43.7. The van der Waals surface area contributed by atoms with E-state index in [4.69, 9.17) is 8.83 Å². The first-order valence-corrected chi connectivity index (χ1v) is 30.3. The summed E-state index contributed by atoms with van der Waals surface area (Å²) in [4.78, 5) is 0. The molecule has 88 heavy (non-hydrogen) atoms. The Morgan fingerprint density at radius 1 is 0.159 bits per heavy atom. The second kappa shape index (κ2) is 20.0. The number of hydrogen-bond donors (Lipinski definition) is 0. The van der Waals surface area contributed by atoms with E-state index in [0.717, 1.165) is 93.9 Å². The third kappa shape index (κ3) is 7.83. The van der Waals surface area contributed by atoms with Crippen molar-refractivity contribution in [3.63, 3.8) is 0 Å². The lowest BCUT2D eigenvalue weighted by Crippen LogP contribution is -1.94. The van der Waals surface area contributed by atoms with Gasteiger partial charge in [0.15, 0.2) is 0 Å². The summed E-state index contributed by atoms with van der Waals surface area (Å²) < 4.78 is 14.0. The Balaban J connectivity index is 0.836. The SMILES string of the molecule is c1ccc(-c2ccc3c(-c4c5ccccc5c(-c5ccc6oc7c(-c8ccc(-c9c%10ccccc%10c(-c%10cccc%11c%10oc%10ccccc%10%11)c%10ccccc9%10)c(-c9ccccc9)c8)cc(-c8ccccc8)cc7c6c5)c5ccccc45)cccc3c2)cc1. The third-order valence-corrected chi connectivity index (χ3v) is 18.4. The maximum atomic E-state index is 7.22. The number of rotatable bonds is 8. The Bertz CT molecular complexity index is 5740.